The highest BCUT2D eigenvalue weighted by Crippen LogP contribution is 2.32. The predicted octanol–water partition coefficient (Wildman–Crippen LogP) is 5.99. The molecular weight excluding hydrogens is 462 g/mol. The van der Waals surface area contributed by atoms with Gasteiger partial charge in [-0.25, -0.2) is 9.97 Å². The fourth-order valence-corrected chi connectivity index (χ4v) is 4.62. The number of ketones is 1. The van der Waals surface area contributed by atoms with E-state index in [0.29, 0.717) is 17.7 Å². The summed E-state index contributed by atoms with van der Waals surface area (Å²) in [6.45, 7) is 13.7. The standard InChI is InChI=1S/C30H41N5O2/c1-9-25(32-24-13-16-35(7)17-14-24)23-10-11-26(28(18-23)37-8)33-30-31-15-12-27(34-30)29(19(2)3)21(5)20(4)22(6)36/h9-12,15,18,24,32H,13-14,16-17H2,1-8H3,(H,31,33,34)/b21-20+,25-9+. The van der Waals surface area contributed by atoms with Gasteiger partial charge in [0.25, 0.3) is 0 Å². The molecule has 1 aliphatic heterocycles. The van der Waals surface area contributed by atoms with Crippen molar-refractivity contribution in [3.63, 3.8) is 0 Å². The molecule has 3 rings (SSSR count). The zero-order valence-electron chi connectivity index (χ0n) is 23.5. The van der Waals surface area contributed by atoms with Crippen LogP contribution in [-0.4, -0.2) is 53.9 Å². The first-order valence-electron chi connectivity index (χ1n) is 12.9. The number of ether oxygens (including phenoxy) is 1. The molecule has 7 nitrogen and oxygen atoms in total. The van der Waals surface area contributed by atoms with Gasteiger partial charge in [-0.3, -0.25) is 4.79 Å². The number of nitrogens with one attached hydrogen (secondary N) is 2. The molecular formula is C30H41N5O2. The molecule has 0 aliphatic carbocycles. The summed E-state index contributed by atoms with van der Waals surface area (Å²) < 4.78 is 5.73. The quantitative estimate of drug-likeness (QED) is 0.321. The highest BCUT2D eigenvalue weighted by atomic mass is 16.5. The Bertz CT molecular complexity index is 1220. The number of Topliss-reactive ketones (excluding diaryl/α,β-unsaturated/α-hetero) is 1. The van der Waals surface area contributed by atoms with Crippen molar-refractivity contribution >= 4 is 28.7 Å². The molecule has 0 spiro atoms. The molecule has 1 saturated heterocycles. The number of benzene rings is 1. The molecule has 0 saturated carbocycles. The van der Waals surface area contributed by atoms with E-state index in [9.17, 15) is 4.79 Å². The minimum absolute atomic E-state index is 0.0549. The van der Waals surface area contributed by atoms with Crippen LogP contribution >= 0.6 is 0 Å². The first kappa shape index (κ1) is 28.1. The van der Waals surface area contributed by atoms with Crippen LogP contribution in [-0.2, 0) is 4.79 Å². The van der Waals surface area contributed by atoms with Gasteiger partial charge in [0.05, 0.1) is 18.5 Å². The molecule has 0 radical (unpaired) electrons. The largest absolute Gasteiger partial charge is 0.495 e. The lowest BCUT2D eigenvalue weighted by atomic mass is 9.94. The van der Waals surface area contributed by atoms with E-state index < -0.39 is 0 Å². The SMILES string of the molecule is C/C=C(/NC1CCN(C)CC1)c1ccc(Nc2nccc(C(=C(C)C)/C(C)=C(\C)C(C)=O)n2)c(OC)c1. The summed E-state index contributed by atoms with van der Waals surface area (Å²) in [6, 6.07) is 8.45. The summed E-state index contributed by atoms with van der Waals surface area (Å²) in [5, 5.41) is 7.04. The Morgan fingerprint density at radius 1 is 1.08 bits per heavy atom. The lowest BCUT2D eigenvalue weighted by Gasteiger charge is -2.31. The number of allylic oxidation sites excluding steroid dienone is 5. The van der Waals surface area contributed by atoms with Crippen LogP contribution in [0.5, 0.6) is 5.75 Å². The van der Waals surface area contributed by atoms with Crippen molar-refractivity contribution in [1.29, 1.82) is 0 Å². The number of anilines is 2. The smallest absolute Gasteiger partial charge is 0.227 e. The average molecular weight is 504 g/mol. The van der Waals surface area contributed by atoms with Crippen LogP contribution in [0.15, 0.2) is 53.3 Å². The number of rotatable bonds is 9. The maximum atomic E-state index is 12.0. The fraction of sp³-hybridized carbons (Fsp3) is 0.433. The summed E-state index contributed by atoms with van der Waals surface area (Å²) in [6.07, 6.45) is 6.11. The first-order chi connectivity index (χ1) is 17.6. The number of methoxy groups -OCH3 is 1. The van der Waals surface area contributed by atoms with E-state index in [2.05, 4.69) is 46.6 Å². The van der Waals surface area contributed by atoms with E-state index in [1.54, 1.807) is 20.2 Å². The van der Waals surface area contributed by atoms with E-state index in [0.717, 1.165) is 70.9 Å². The molecule has 1 aromatic carbocycles. The van der Waals surface area contributed by atoms with Crippen LogP contribution in [0.3, 0.4) is 0 Å². The predicted molar refractivity (Wildman–Crippen MR) is 153 cm³/mol. The summed E-state index contributed by atoms with van der Waals surface area (Å²) in [5.74, 6) is 1.23. The Hall–Kier alpha value is -3.45. The molecule has 2 aromatic rings. The van der Waals surface area contributed by atoms with Crippen LogP contribution in [0.4, 0.5) is 11.6 Å². The highest BCUT2D eigenvalue weighted by Gasteiger charge is 2.18. The number of aromatic nitrogens is 2. The van der Waals surface area contributed by atoms with Gasteiger partial charge in [0.15, 0.2) is 5.78 Å². The third kappa shape index (κ3) is 7.07. The molecule has 0 unspecified atom stereocenters. The Labute approximate surface area is 221 Å². The lowest BCUT2D eigenvalue weighted by Crippen LogP contribution is -2.40. The molecule has 198 valence electrons. The Morgan fingerprint density at radius 3 is 2.38 bits per heavy atom. The Kier molecular flexibility index (Phi) is 9.64. The zero-order chi connectivity index (χ0) is 27.1. The van der Waals surface area contributed by atoms with Crippen LogP contribution in [0.2, 0.25) is 0 Å². The normalized spacial score (nSPS) is 15.6. The van der Waals surface area contributed by atoms with Gasteiger partial charge in [0.1, 0.15) is 5.75 Å². The van der Waals surface area contributed by atoms with Crippen molar-refractivity contribution in [2.24, 2.45) is 0 Å². The van der Waals surface area contributed by atoms with Crippen molar-refractivity contribution in [2.75, 3.05) is 32.6 Å². The summed E-state index contributed by atoms with van der Waals surface area (Å²) >= 11 is 0. The molecule has 2 heterocycles. The molecule has 1 aromatic heterocycles. The number of hydrogen-bond donors (Lipinski definition) is 2. The third-order valence-corrected chi connectivity index (χ3v) is 7.00. The second-order valence-electron chi connectivity index (χ2n) is 9.91. The summed E-state index contributed by atoms with van der Waals surface area (Å²) in [4.78, 5) is 23.6. The molecule has 2 N–H and O–H groups in total. The van der Waals surface area contributed by atoms with Gasteiger partial charge in [0, 0.05) is 29.1 Å². The molecule has 0 amide bonds. The van der Waals surface area contributed by atoms with Gasteiger partial charge >= 0.3 is 0 Å². The lowest BCUT2D eigenvalue weighted by molar-refractivity contribution is -0.113. The van der Waals surface area contributed by atoms with Crippen LogP contribution in [0.25, 0.3) is 11.3 Å². The third-order valence-electron chi connectivity index (χ3n) is 7.00. The van der Waals surface area contributed by atoms with Gasteiger partial charge in [-0.05, 0) is 104 Å². The Balaban J connectivity index is 1.86. The molecule has 7 heteroatoms. The maximum Gasteiger partial charge on any atom is 0.227 e. The Morgan fingerprint density at radius 2 is 1.78 bits per heavy atom. The van der Waals surface area contributed by atoms with E-state index in [1.165, 1.54) is 0 Å². The second-order valence-corrected chi connectivity index (χ2v) is 9.91. The molecule has 0 bridgehead atoms. The molecule has 1 aliphatic rings. The van der Waals surface area contributed by atoms with Gasteiger partial charge < -0.3 is 20.3 Å². The second kappa shape index (κ2) is 12.7. The summed E-state index contributed by atoms with van der Waals surface area (Å²) in [7, 11) is 3.84. The number of piperidine rings is 1. The van der Waals surface area contributed by atoms with Crippen molar-refractivity contribution in [3.8, 4) is 5.75 Å². The van der Waals surface area contributed by atoms with E-state index in [-0.39, 0.29) is 5.78 Å². The van der Waals surface area contributed by atoms with E-state index in [1.807, 2.05) is 45.9 Å². The van der Waals surface area contributed by atoms with Gasteiger partial charge in [0.2, 0.25) is 5.95 Å². The number of likely N-dealkylation sites (tertiary alicyclic amines) is 1. The van der Waals surface area contributed by atoms with Crippen LogP contribution < -0.4 is 15.4 Å². The monoisotopic (exact) mass is 503 g/mol. The number of carbonyl (C=O) groups excluding carboxylic acids is 1. The minimum atomic E-state index is 0.0549. The van der Waals surface area contributed by atoms with Gasteiger partial charge in [-0.1, -0.05) is 17.7 Å². The van der Waals surface area contributed by atoms with E-state index in [4.69, 9.17) is 9.72 Å². The van der Waals surface area contributed by atoms with Crippen LogP contribution in [0, 0.1) is 0 Å². The first-order valence-corrected chi connectivity index (χ1v) is 12.9. The van der Waals surface area contributed by atoms with Crippen molar-refractivity contribution < 1.29 is 9.53 Å². The van der Waals surface area contributed by atoms with E-state index >= 15 is 0 Å². The van der Waals surface area contributed by atoms with Crippen molar-refractivity contribution in [3.05, 3.63) is 64.5 Å². The van der Waals surface area contributed by atoms with Crippen LogP contribution in [0.1, 0.15) is 65.6 Å². The maximum absolute atomic E-state index is 12.0. The highest BCUT2D eigenvalue weighted by molar-refractivity contribution is 5.98. The zero-order valence-corrected chi connectivity index (χ0v) is 23.5. The van der Waals surface area contributed by atoms with Gasteiger partial charge in [-0.2, -0.15) is 0 Å². The fourth-order valence-electron chi connectivity index (χ4n) is 4.62. The molecule has 1 fully saturated rings. The minimum Gasteiger partial charge on any atom is -0.495 e. The van der Waals surface area contributed by atoms with Gasteiger partial charge in [-0.15, -0.1) is 0 Å². The molecule has 0 atom stereocenters. The topological polar surface area (TPSA) is 79.4 Å². The number of hydrogen-bond acceptors (Lipinski definition) is 7. The van der Waals surface area contributed by atoms with Crippen molar-refractivity contribution in [1.82, 2.24) is 20.2 Å². The number of carbonyl (C=O) groups is 1. The summed E-state index contributed by atoms with van der Waals surface area (Å²) in [5.41, 5.74) is 7.43. The number of nitrogens with zero attached hydrogens (tertiary/aromatic N) is 3. The average Bonchev–Trinajstić information content (AvgIpc) is 2.88. The van der Waals surface area contributed by atoms with Crippen molar-refractivity contribution in [2.45, 2.75) is 60.4 Å². The molecule has 37 heavy (non-hydrogen) atoms.